The van der Waals surface area contributed by atoms with Crippen molar-refractivity contribution in [2.24, 2.45) is 0 Å². The summed E-state index contributed by atoms with van der Waals surface area (Å²) in [7, 11) is 1.54. The normalized spacial score (nSPS) is 20.3. The molecule has 1 saturated heterocycles. The number of carboxylic acids is 1. The van der Waals surface area contributed by atoms with E-state index in [1.54, 1.807) is 11.8 Å². The number of ether oxygens (including phenoxy) is 1. The maximum atomic E-state index is 12.8. The van der Waals surface area contributed by atoms with Gasteiger partial charge in [0.1, 0.15) is 18.4 Å². The van der Waals surface area contributed by atoms with Crippen molar-refractivity contribution in [3.63, 3.8) is 0 Å². The molecule has 1 amide bonds. The topological polar surface area (TPSA) is 84.7 Å². The van der Waals surface area contributed by atoms with Crippen LogP contribution in [0.4, 0.5) is 0 Å². The maximum Gasteiger partial charge on any atom is 0.326 e. The molecule has 0 aliphatic carbocycles. The van der Waals surface area contributed by atoms with Gasteiger partial charge in [-0.15, -0.1) is 0 Å². The Balaban J connectivity index is 1.88. The number of hydrogen-bond acceptors (Lipinski definition) is 5. The Hall–Kier alpha value is -2.06. The van der Waals surface area contributed by atoms with Crippen LogP contribution in [0.1, 0.15) is 12.2 Å². The molecule has 1 aliphatic rings. The van der Waals surface area contributed by atoms with E-state index in [4.69, 9.17) is 4.74 Å². The van der Waals surface area contributed by atoms with Gasteiger partial charge in [0.25, 0.3) is 0 Å². The summed E-state index contributed by atoms with van der Waals surface area (Å²) in [6, 6.07) is 6.82. The highest BCUT2D eigenvalue weighted by Crippen LogP contribution is 2.23. The molecule has 2 heterocycles. The van der Waals surface area contributed by atoms with Crippen LogP contribution in [0.25, 0.3) is 11.0 Å². The number of thioether (sulfide) groups is 1. The van der Waals surface area contributed by atoms with E-state index in [9.17, 15) is 14.7 Å². The third-order valence-corrected chi connectivity index (χ3v) is 5.05. The van der Waals surface area contributed by atoms with Gasteiger partial charge in [-0.25, -0.2) is 9.78 Å². The van der Waals surface area contributed by atoms with Crippen molar-refractivity contribution in [1.82, 2.24) is 14.5 Å². The van der Waals surface area contributed by atoms with Crippen LogP contribution in [-0.2, 0) is 26.6 Å². The standard InChI is InChI=1S/C17H21N3O4S/c1-24-11-7-14(17(22)23)20(8-11)16(21)9-19-13-6-4-3-5-12(13)18-15(19)10-25-2/h3-6,11,14H,7-10H2,1-2H3,(H,22,23). The molecule has 0 bridgehead atoms. The number of imidazole rings is 1. The molecule has 0 radical (unpaired) electrons. The maximum absolute atomic E-state index is 12.8. The molecule has 1 N–H and O–H groups in total. The van der Waals surface area contributed by atoms with E-state index >= 15 is 0 Å². The summed E-state index contributed by atoms with van der Waals surface area (Å²) in [6.07, 6.45) is 2.06. The summed E-state index contributed by atoms with van der Waals surface area (Å²) in [6.45, 7) is 0.382. The van der Waals surface area contributed by atoms with E-state index in [-0.39, 0.29) is 18.6 Å². The largest absolute Gasteiger partial charge is 0.480 e. The van der Waals surface area contributed by atoms with Gasteiger partial charge in [0, 0.05) is 20.1 Å². The first kappa shape index (κ1) is 17.8. The van der Waals surface area contributed by atoms with E-state index in [2.05, 4.69) is 4.98 Å². The second kappa shape index (κ2) is 7.45. The van der Waals surface area contributed by atoms with Gasteiger partial charge < -0.3 is 19.3 Å². The number of nitrogens with zero attached hydrogens (tertiary/aromatic N) is 3. The fraction of sp³-hybridized carbons (Fsp3) is 0.471. The number of para-hydroxylation sites is 2. The SMILES string of the molecule is COC1CC(C(=O)O)N(C(=O)Cn2c(CSC)nc3ccccc32)C1. The van der Waals surface area contributed by atoms with Crippen molar-refractivity contribution in [3.05, 3.63) is 30.1 Å². The summed E-state index contributed by atoms with van der Waals surface area (Å²) in [5.74, 6) is 0.284. The smallest absolute Gasteiger partial charge is 0.326 e. The third-order valence-electron chi connectivity index (χ3n) is 4.50. The number of carbonyl (C=O) groups is 2. The summed E-state index contributed by atoms with van der Waals surface area (Å²) in [5, 5.41) is 9.41. The number of carbonyl (C=O) groups excluding carboxylic acids is 1. The molecule has 7 nitrogen and oxygen atoms in total. The first-order valence-corrected chi connectivity index (χ1v) is 9.42. The minimum atomic E-state index is -0.993. The van der Waals surface area contributed by atoms with Gasteiger partial charge in [-0.05, 0) is 18.4 Å². The number of aliphatic carboxylic acids is 1. The average Bonchev–Trinajstić information content (AvgIpc) is 3.18. The number of benzene rings is 1. The summed E-state index contributed by atoms with van der Waals surface area (Å²) in [5.41, 5.74) is 1.72. The van der Waals surface area contributed by atoms with E-state index in [1.807, 2.05) is 35.1 Å². The summed E-state index contributed by atoms with van der Waals surface area (Å²) in [4.78, 5) is 30.3. The molecule has 1 fully saturated rings. The number of aromatic nitrogens is 2. The van der Waals surface area contributed by atoms with Crippen molar-refractivity contribution in [2.45, 2.75) is 30.9 Å². The lowest BCUT2D eigenvalue weighted by Crippen LogP contribution is -2.42. The Morgan fingerprint density at radius 3 is 2.84 bits per heavy atom. The zero-order valence-corrected chi connectivity index (χ0v) is 15.0. The second-order valence-corrected chi connectivity index (χ2v) is 6.90. The van der Waals surface area contributed by atoms with E-state index in [0.717, 1.165) is 16.9 Å². The van der Waals surface area contributed by atoms with E-state index < -0.39 is 12.0 Å². The number of rotatable bonds is 6. The molecule has 2 atom stereocenters. The van der Waals surface area contributed by atoms with Crippen LogP contribution in [-0.4, -0.2) is 63.5 Å². The number of fused-ring (bicyclic) bond motifs is 1. The molecule has 134 valence electrons. The number of amides is 1. The zero-order chi connectivity index (χ0) is 18.0. The van der Waals surface area contributed by atoms with Crippen molar-refractivity contribution >= 4 is 34.7 Å². The van der Waals surface area contributed by atoms with Crippen LogP contribution in [0.3, 0.4) is 0 Å². The van der Waals surface area contributed by atoms with Gasteiger partial charge in [-0.1, -0.05) is 12.1 Å². The Kier molecular flexibility index (Phi) is 5.29. The number of likely N-dealkylation sites (tertiary alicyclic amines) is 1. The highest BCUT2D eigenvalue weighted by atomic mass is 32.2. The Labute approximate surface area is 150 Å². The number of methoxy groups -OCH3 is 1. The fourth-order valence-corrected chi connectivity index (χ4v) is 3.72. The minimum absolute atomic E-state index is 0.0800. The van der Waals surface area contributed by atoms with Gasteiger partial charge in [-0.3, -0.25) is 4.79 Å². The summed E-state index contributed by atoms with van der Waals surface area (Å²) >= 11 is 1.63. The molecule has 2 unspecified atom stereocenters. The molecule has 0 saturated carbocycles. The van der Waals surface area contributed by atoms with E-state index in [0.29, 0.717) is 18.7 Å². The van der Waals surface area contributed by atoms with Gasteiger partial charge in [-0.2, -0.15) is 11.8 Å². The Bertz CT molecular complexity index is 791. The monoisotopic (exact) mass is 363 g/mol. The molecule has 8 heteroatoms. The van der Waals surface area contributed by atoms with Crippen LogP contribution in [0, 0.1) is 0 Å². The Morgan fingerprint density at radius 1 is 1.40 bits per heavy atom. The molecule has 0 spiro atoms. The fourth-order valence-electron chi connectivity index (χ4n) is 3.25. The molecule has 25 heavy (non-hydrogen) atoms. The lowest BCUT2D eigenvalue weighted by Gasteiger charge is -2.22. The molecule has 1 aromatic heterocycles. The highest BCUT2D eigenvalue weighted by molar-refractivity contribution is 7.97. The quantitative estimate of drug-likeness (QED) is 0.839. The predicted octanol–water partition coefficient (Wildman–Crippen LogP) is 1.60. The number of hydrogen-bond donors (Lipinski definition) is 1. The molecule has 1 aliphatic heterocycles. The third kappa shape index (κ3) is 3.50. The lowest BCUT2D eigenvalue weighted by molar-refractivity contribution is -0.148. The summed E-state index contributed by atoms with van der Waals surface area (Å²) < 4.78 is 7.14. The lowest BCUT2D eigenvalue weighted by atomic mass is 10.2. The Morgan fingerprint density at radius 2 is 2.16 bits per heavy atom. The van der Waals surface area contributed by atoms with Gasteiger partial charge in [0.05, 0.1) is 22.9 Å². The van der Waals surface area contributed by atoms with Gasteiger partial charge in [0.15, 0.2) is 0 Å². The van der Waals surface area contributed by atoms with Crippen molar-refractivity contribution < 1.29 is 19.4 Å². The van der Waals surface area contributed by atoms with Crippen LogP contribution in [0.15, 0.2) is 24.3 Å². The molecular formula is C17H21N3O4S. The molecular weight excluding hydrogens is 342 g/mol. The zero-order valence-electron chi connectivity index (χ0n) is 14.2. The molecule has 1 aromatic carbocycles. The van der Waals surface area contributed by atoms with E-state index in [1.165, 1.54) is 12.0 Å². The first-order valence-electron chi connectivity index (χ1n) is 8.03. The highest BCUT2D eigenvalue weighted by Gasteiger charge is 2.39. The van der Waals surface area contributed by atoms with Crippen LogP contribution >= 0.6 is 11.8 Å². The van der Waals surface area contributed by atoms with Crippen LogP contribution < -0.4 is 0 Å². The molecule has 2 aromatic rings. The van der Waals surface area contributed by atoms with Crippen molar-refractivity contribution in [3.8, 4) is 0 Å². The predicted molar refractivity (Wildman–Crippen MR) is 95.5 cm³/mol. The van der Waals surface area contributed by atoms with Crippen LogP contribution in [0.2, 0.25) is 0 Å². The van der Waals surface area contributed by atoms with Crippen LogP contribution in [0.5, 0.6) is 0 Å². The van der Waals surface area contributed by atoms with Crippen molar-refractivity contribution in [2.75, 3.05) is 19.9 Å². The first-order chi connectivity index (χ1) is 12.0. The minimum Gasteiger partial charge on any atom is -0.480 e. The average molecular weight is 363 g/mol. The van der Waals surface area contributed by atoms with Gasteiger partial charge in [0.2, 0.25) is 5.91 Å². The second-order valence-electron chi connectivity index (χ2n) is 6.03. The molecule has 3 rings (SSSR count). The van der Waals surface area contributed by atoms with Crippen molar-refractivity contribution in [1.29, 1.82) is 0 Å². The number of carboxylic acid groups (broad SMARTS) is 1. The van der Waals surface area contributed by atoms with Gasteiger partial charge >= 0.3 is 5.97 Å².